The first kappa shape index (κ1) is 17.5. The second-order valence-corrected chi connectivity index (χ2v) is 6.48. The number of hydrogen-bond donors (Lipinski definition) is 5. The molecule has 1 amide bonds. The number of aliphatic hydroxyl groups is 2. The molecule has 12 nitrogen and oxygen atoms in total. The molecule has 23 heavy (non-hydrogen) atoms. The minimum atomic E-state index is -4.70. The summed E-state index contributed by atoms with van der Waals surface area (Å²) in [5.41, 5.74) is 7.62. The average Bonchev–Trinajstić information content (AvgIpc) is 2.73. The summed E-state index contributed by atoms with van der Waals surface area (Å²) in [6.45, 7) is -0.706. The van der Waals surface area contributed by atoms with Crippen LogP contribution < -0.4 is 17.2 Å². The number of primary amides is 1. The van der Waals surface area contributed by atoms with Crippen LogP contribution in [0.15, 0.2) is 17.1 Å². The molecule has 128 valence electrons. The third-order valence-corrected chi connectivity index (χ3v) is 4.21. The highest BCUT2D eigenvalue weighted by atomic mass is 31.2. The largest absolute Gasteiger partial charge is 0.415 e. The molecule has 0 spiro atoms. The first-order valence-corrected chi connectivity index (χ1v) is 7.85. The Morgan fingerprint density at radius 3 is 2.70 bits per heavy atom. The Balaban J connectivity index is 2.14. The number of nitrogen functional groups attached to an aromatic ring is 1. The van der Waals surface area contributed by atoms with E-state index in [9.17, 15) is 24.4 Å². The zero-order valence-electron chi connectivity index (χ0n) is 11.6. The molecule has 2 heterocycles. The van der Waals surface area contributed by atoms with Crippen LogP contribution in [0, 0.1) is 0 Å². The van der Waals surface area contributed by atoms with Crippen LogP contribution in [-0.2, 0) is 13.8 Å². The van der Waals surface area contributed by atoms with Crippen LogP contribution in [0.4, 0.5) is 10.6 Å². The van der Waals surface area contributed by atoms with E-state index < -0.39 is 50.1 Å². The van der Waals surface area contributed by atoms with Crippen LogP contribution in [-0.4, -0.2) is 55.2 Å². The van der Waals surface area contributed by atoms with Crippen LogP contribution >= 0.6 is 7.60 Å². The maximum absolute atomic E-state index is 11.7. The van der Waals surface area contributed by atoms with E-state index in [0.717, 1.165) is 4.57 Å². The summed E-state index contributed by atoms with van der Waals surface area (Å²) in [4.78, 5) is 35.0. The van der Waals surface area contributed by atoms with Crippen LogP contribution in [0.3, 0.4) is 0 Å². The second-order valence-electron chi connectivity index (χ2n) is 4.74. The number of aliphatic hydroxyl groups excluding tert-OH is 2. The van der Waals surface area contributed by atoms with Crippen LogP contribution in [0.25, 0.3) is 0 Å². The van der Waals surface area contributed by atoms with Gasteiger partial charge in [-0.2, -0.15) is 4.98 Å². The van der Waals surface area contributed by atoms with Crippen molar-refractivity contribution in [1.29, 1.82) is 0 Å². The van der Waals surface area contributed by atoms with Gasteiger partial charge >= 0.3 is 18.9 Å². The molecule has 2 rings (SSSR count). The zero-order valence-corrected chi connectivity index (χ0v) is 12.4. The van der Waals surface area contributed by atoms with Crippen molar-refractivity contribution in [3.8, 4) is 0 Å². The van der Waals surface area contributed by atoms with Crippen molar-refractivity contribution < 1.29 is 33.7 Å². The number of nitrogens with two attached hydrogens (primary N) is 2. The molecule has 0 saturated carbocycles. The second kappa shape index (κ2) is 6.35. The van der Waals surface area contributed by atoms with E-state index in [0.29, 0.717) is 0 Å². The lowest BCUT2D eigenvalue weighted by Gasteiger charge is -2.17. The quantitative estimate of drug-likeness (QED) is 0.360. The topological polar surface area (TPSA) is 200 Å². The summed E-state index contributed by atoms with van der Waals surface area (Å²) < 4.78 is 21.9. The maximum atomic E-state index is 11.7. The van der Waals surface area contributed by atoms with Crippen molar-refractivity contribution in [3.05, 3.63) is 22.7 Å². The van der Waals surface area contributed by atoms with Gasteiger partial charge in [0.05, 0.1) is 6.61 Å². The molecular weight excluding hydrogens is 335 g/mol. The van der Waals surface area contributed by atoms with E-state index in [1.807, 2.05) is 0 Å². The van der Waals surface area contributed by atoms with Crippen molar-refractivity contribution in [2.45, 2.75) is 24.5 Å². The van der Waals surface area contributed by atoms with Gasteiger partial charge in [-0.15, -0.1) is 0 Å². The predicted molar refractivity (Wildman–Crippen MR) is 74.2 cm³/mol. The SMILES string of the molecule is NC(=O)P(=O)(O)OC[C@H]1O[C@@H](n2ccc(N)nc2=O)[C@H](O)[C@@H]1O. The molecular formula is C10H15N4O8P. The van der Waals surface area contributed by atoms with Crippen LogP contribution in [0.1, 0.15) is 6.23 Å². The van der Waals surface area contributed by atoms with Crippen molar-refractivity contribution in [1.82, 2.24) is 9.55 Å². The van der Waals surface area contributed by atoms with Crippen molar-refractivity contribution >= 4 is 19.1 Å². The smallest absolute Gasteiger partial charge is 0.387 e. The molecule has 1 aliphatic rings. The highest BCUT2D eigenvalue weighted by Gasteiger charge is 2.45. The van der Waals surface area contributed by atoms with E-state index in [2.05, 4.69) is 15.2 Å². The number of anilines is 1. The lowest BCUT2D eigenvalue weighted by molar-refractivity contribution is -0.0521. The number of amides is 1. The third kappa shape index (κ3) is 3.58. The molecule has 1 aromatic heterocycles. The normalized spacial score (nSPS) is 30.0. The number of carbonyl (C=O) groups is 1. The van der Waals surface area contributed by atoms with Gasteiger partial charge in [-0.25, -0.2) is 9.36 Å². The summed E-state index contributed by atoms with van der Waals surface area (Å²) in [6.07, 6.45) is -4.48. The highest BCUT2D eigenvalue weighted by Crippen LogP contribution is 2.42. The predicted octanol–water partition coefficient (Wildman–Crippen LogP) is -2.27. The molecule has 5 atom stereocenters. The summed E-state index contributed by atoms with van der Waals surface area (Å²) >= 11 is 0. The molecule has 13 heteroatoms. The van der Waals surface area contributed by atoms with Crippen LogP contribution in [0.5, 0.6) is 0 Å². The summed E-state index contributed by atoms with van der Waals surface area (Å²) in [7, 11) is -4.70. The zero-order chi connectivity index (χ0) is 17.4. The fourth-order valence-corrected chi connectivity index (χ4v) is 2.43. The number of ether oxygens (including phenoxy) is 1. The Labute approximate surface area is 128 Å². The number of carbonyl (C=O) groups excluding carboxylic acids is 1. The van der Waals surface area contributed by atoms with E-state index in [4.69, 9.17) is 15.4 Å². The Morgan fingerprint density at radius 1 is 1.48 bits per heavy atom. The monoisotopic (exact) mass is 350 g/mol. The van der Waals surface area contributed by atoms with Gasteiger partial charge in [0.2, 0.25) is 0 Å². The lowest BCUT2D eigenvalue weighted by Crippen LogP contribution is -2.36. The van der Waals surface area contributed by atoms with Gasteiger partial charge in [0.15, 0.2) is 6.23 Å². The maximum Gasteiger partial charge on any atom is 0.415 e. The fourth-order valence-electron chi connectivity index (χ4n) is 1.95. The third-order valence-electron chi connectivity index (χ3n) is 3.16. The molecule has 1 aromatic rings. The van der Waals surface area contributed by atoms with E-state index >= 15 is 0 Å². The molecule has 1 aliphatic heterocycles. The van der Waals surface area contributed by atoms with Gasteiger partial charge in [0, 0.05) is 6.20 Å². The van der Waals surface area contributed by atoms with Crippen molar-refractivity contribution in [2.75, 3.05) is 12.3 Å². The van der Waals surface area contributed by atoms with Crippen molar-refractivity contribution in [3.63, 3.8) is 0 Å². The van der Waals surface area contributed by atoms with Gasteiger partial charge in [0.25, 0.3) is 0 Å². The summed E-state index contributed by atoms with van der Waals surface area (Å²) in [5, 5.41) is 19.8. The highest BCUT2D eigenvalue weighted by molar-refractivity contribution is 7.70. The van der Waals surface area contributed by atoms with Gasteiger partial charge < -0.3 is 31.3 Å². The van der Waals surface area contributed by atoms with Gasteiger partial charge in [-0.3, -0.25) is 13.9 Å². The number of nitrogens with zero attached hydrogens (tertiary/aromatic N) is 2. The number of hydrogen-bond acceptors (Lipinski definition) is 9. The summed E-state index contributed by atoms with van der Waals surface area (Å²) in [5.74, 6) is -0.0400. The van der Waals surface area contributed by atoms with E-state index in [-0.39, 0.29) is 5.82 Å². The molecule has 7 N–H and O–H groups in total. The molecule has 0 aromatic carbocycles. The standard InChI is InChI=1S/C10H15N4O8P/c11-5-1-2-14(10(18)13-5)8-7(16)6(15)4(22-8)3-21-23(19,20)9(12)17/h1-2,4,6-8,15-16H,3H2,(H2,12,17)(H,19,20)(H2,11,13,18)/t4-,6-,7-,8-/m1/s1. The molecule has 0 aliphatic carbocycles. The van der Waals surface area contributed by atoms with Gasteiger partial charge in [-0.1, -0.05) is 0 Å². The number of aromatic nitrogens is 2. The van der Waals surface area contributed by atoms with Crippen molar-refractivity contribution in [2.24, 2.45) is 5.73 Å². The summed E-state index contributed by atoms with van der Waals surface area (Å²) in [6, 6.07) is 1.28. The van der Waals surface area contributed by atoms with E-state index in [1.54, 1.807) is 0 Å². The molecule has 0 bridgehead atoms. The molecule has 1 saturated heterocycles. The Hall–Kier alpha value is -1.82. The molecule has 1 fully saturated rings. The Bertz CT molecular complexity index is 708. The Kier molecular flexibility index (Phi) is 4.84. The van der Waals surface area contributed by atoms with Gasteiger partial charge in [0.1, 0.15) is 24.1 Å². The minimum Gasteiger partial charge on any atom is -0.387 e. The van der Waals surface area contributed by atoms with E-state index in [1.165, 1.54) is 12.3 Å². The Morgan fingerprint density at radius 2 is 2.13 bits per heavy atom. The minimum absolute atomic E-state index is 0.0400. The average molecular weight is 350 g/mol. The van der Waals surface area contributed by atoms with Gasteiger partial charge in [-0.05, 0) is 6.07 Å². The molecule has 1 unspecified atom stereocenters. The lowest BCUT2D eigenvalue weighted by atomic mass is 10.1. The number of rotatable bonds is 5. The fraction of sp³-hybridized carbons (Fsp3) is 0.500. The van der Waals surface area contributed by atoms with Crippen LogP contribution in [0.2, 0.25) is 0 Å². The first-order valence-electron chi connectivity index (χ1n) is 6.27. The molecule has 0 radical (unpaired) electrons. The first-order chi connectivity index (χ1) is 10.6.